The number of fused-ring (bicyclic) bond motifs is 2. The van der Waals surface area contributed by atoms with E-state index < -0.39 is 42.3 Å². The Balaban J connectivity index is 0.858. The molecule has 3 saturated heterocycles. The molecule has 17 heteroatoms. The van der Waals surface area contributed by atoms with E-state index in [9.17, 15) is 28.8 Å². The maximum absolute atomic E-state index is 14.5. The Bertz CT molecular complexity index is 2430. The van der Waals surface area contributed by atoms with Crippen molar-refractivity contribution in [2.45, 2.75) is 184 Å². The van der Waals surface area contributed by atoms with Crippen molar-refractivity contribution in [3.8, 4) is 0 Å². The lowest BCUT2D eigenvalue weighted by atomic mass is 9.68. The lowest BCUT2D eigenvalue weighted by molar-refractivity contribution is -0.144. The molecule has 2 saturated carbocycles. The fraction of sp³-hybridized carbons (Fsp3) is 0.643. The van der Waals surface area contributed by atoms with Crippen molar-refractivity contribution in [1.82, 2.24) is 56.7 Å². The van der Waals surface area contributed by atoms with Gasteiger partial charge in [0.25, 0.3) is 0 Å². The summed E-state index contributed by atoms with van der Waals surface area (Å²) in [6.07, 6.45) is 16.5. The molecule has 12 atom stereocenters. The van der Waals surface area contributed by atoms with Crippen LogP contribution in [-0.4, -0.2) is 123 Å². The standard InChI is InChI=1S/C56H79N11O6/c1-34(57-3)51(68)59-44-23-14-12-21-42-27-28-47(67(42)55(44)72)54(71)61-49(36-16-7-5-8-17-36)45-33-65(64-63-45)32-40-26-25-38(40)30-41-31-39-20-11-13-22-43(39)48(41)60-53(70)46-24-15-29-66(46)56(73)50(37-18-9-6-10-19-37)62-52(69)35(2)58-4/h5,7-8,11,13,16-17,20,22,33-35,37-38,40-42,44,46-50,57-58H,6,9-10,12,14-15,18-19,21,23-32H2,1-4H3,(H,59,68)(H,60,70)(H,61,71)(H,62,69)/t34-,35-,38?,40?,41+,42-,44-,46-,47-,48+,49?,50-/m0/s1. The number of nitrogens with zero attached hydrogens (tertiary/aromatic N) is 5. The molecule has 0 spiro atoms. The molecule has 6 aliphatic rings. The second-order valence-corrected chi connectivity index (χ2v) is 22.1. The van der Waals surface area contributed by atoms with E-state index in [1.165, 1.54) is 5.56 Å². The van der Waals surface area contributed by atoms with Crippen molar-refractivity contribution in [1.29, 1.82) is 0 Å². The zero-order valence-electron chi connectivity index (χ0n) is 43.4. The van der Waals surface area contributed by atoms with E-state index in [-0.39, 0.29) is 59.4 Å². The first-order valence-electron chi connectivity index (χ1n) is 27.6. The van der Waals surface area contributed by atoms with Gasteiger partial charge in [-0.25, -0.2) is 0 Å². The van der Waals surface area contributed by atoms with Gasteiger partial charge in [-0.1, -0.05) is 91.9 Å². The van der Waals surface area contributed by atoms with Gasteiger partial charge >= 0.3 is 0 Å². The average molecular weight is 1000 g/mol. The highest BCUT2D eigenvalue weighted by Gasteiger charge is 2.47. The Morgan fingerprint density at radius 1 is 0.685 bits per heavy atom. The number of amides is 6. The minimum absolute atomic E-state index is 0.0482. The summed E-state index contributed by atoms with van der Waals surface area (Å²) in [5.41, 5.74) is 3.86. The van der Waals surface area contributed by atoms with E-state index >= 15 is 0 Å². The Kier molecular flexibility index (Phi) is 16.9. The van der Waals surface area contributed by atoms with Gasteiger partial charge in [0.05, 0.1) is 30.4 Å². The Morgan fingerprint density at radius 3 is 2.15 bits per heavy atom. The van der Waals surface area contributed by atoms with Gasteiger partial charge in [0.2, 0.25) is 35.4 Å². The second-order valence-electron chi connectivity index (χ2n) is 22.1. The van der Waals surface area contributed by atoms with Crippen LogP contribution < -0.4 is 31.9 Å². The maximum atomic E-state index is 14.5. The molecule has 4 heterocycles. The Morgan fingerprint density at radius 2 is 1.40 bits per heavy atom. The average Bonchev–Trinajstić information content (AvgIpc) is 4.24. The predicted octanol–water partition coefficient (Wildman–Crippen LogP) is 4.62. The summed E-state index contributed by atoms with van der Waals surface area (Å²) in [7, 11) is 3.45. The molecule has 2 aromatic carbocycles. The summed E-state index contributed by atoms with van der Waals surface area (Å²) < 4.78 is 1.90. The molecule has 73 heavy (non-hydrogen) atoms. The van der Waals surface area contributed by atoms with Gasteiger partial charge in [-0.05, 0) is 145 Å². The number of likely N-dealkylation sites (tertiary alicyclic amines) is 1. The van der Waals surface area contributed by atoms with Gasteiger partial charge in [0, 0.05) is 19.1 Å². The second kappa shape index (κ2) is 23.7. The van der Waals surface area contributed by atoms with Crippen molar-refractivity contribution < 1.29 is 28.8 Å². The van der Waals surface area contributed by atoms with Crippen molar-refractivity contribution in [2.24, 2.45) is 23.7 Å². The van der Waals surface area contributed by atoms with Gasteiger partial charge < -0.3 is 41.7 Å². The van der Waals surface area contributed by atoms with Crippen LogP contribution in [0.3, 0.4) is 0 Å². The van der Waals surface area contributed by atoms with E-state index in [0.29, 0.717) is 49.9 Å². The number of aromatic nitrogens is 3. The summed E-state index contributed by atoms with van der Waals surface area (Å²) in [4.78, 5) is 87.3. The molecule has 3 aliphatic heterocycles. The highest BCUT2D eigenvalue weighted by Crippen LogP contribution is 2.47. The number of nitrogens with one attached hydrogen (secondary N) is 6. The maximum Gasteiger partial charge on any atom is 0.246 e. The van der Waals surface area contributed by atoms with Crippen LogP contribution in [0, 0.1) is 23.7 Å². The molecule has 5 fully saturated rings. The molecule has 3 aromatic rings. The molecular weight excluding hydrogens is 923 g/mol. The topological polar surface area (TPSA) is 212 Å². The van der Waals surface area contributed by atoms with Crippen LogP contribution >= 0.6 is 0 Å². The van der Waals surface area contributed by atoms with Crippen LogP contribution in [0.1, 0.15) is 151 Å². The van der Waals surface area contributed by atoms with E-state index in [1.807, 2.05) is 47.3 Å². The molecule has 6 amide bonds. The third-order valence-corrected chi connectivity index (χ3v) is 17.6. The van der Waals surface area contributed by atoms with Crippen LogP contribution in [0.2, 0.25) is 0 Å². The van der Waals surface area contributed by atoms with Crippen LogP contribution in [0.4, 0.5) is 0 Å². The van der Waals surface area contributed by atoms with Gasteiger partial charge in [-0.2, -0.15) is 0 Å². The fourth-order valence-corrected chi connectivity index (χ4v) is 13.0. The Labute approximate surface area is 430 Å². The molecule has 3 aliphatic carbocycles. The molecule has 0 radical (unpaired) electrons. The van der Waals surface area contributed by atoms with E-state index in [0.717, 1.165) is 101 Å². The Hall–Kier alpha value is -5.68. The normalized spacial score (nSPS) is 27.8. The SMILES string of the molecule is CN[C@@H](C)C(=O)N[C@H]1CCCC[C@H]2CC[C@@H](C(=O)NC(c3ccccc3)c3cn(CC4CCC4C[C@@H]4Cc5ccccc5[C@@H]4NC(=O)[C@@H]4CCCN4C(=O)[C@@H](NC(=O)[C@H](C)NC)C4CCCCC4)nn3)N2C1=O. The van der Waals surface area contributed by atoms with E-state index in [2.05, 4.69) is 60.4 Å². The smallest absolute Gasteiger partial charge is 0.246 e. The summed E-state index contributed by atoms with van der Waals surface area (Å²) in [6.45, 7) is 4.72. The number of hydrogen-bond acceptors (Lipinski definition) is 10. The minimum Gasteiger partial charge on any atom is -0.347 e. The van der Waals surface area contributed by atoms with Crippen LogP contribution in [0.5, 0.6) is 0 Å². The quantitative estimate of drug-likeness (QED) is 0.104. The highest BCUT2D eigenvalue weighted by atomic mass is 16.2. The fourth-order valence-electron chi connectivity index (χ4n) is 13.0. The molecule has 6 N–H and O–H groups in total. The van der Waals surface area contributed by atoms with E-state index in [4.69, 9.17) is 0 Å². The summed E-state index contributed by atoms with van der Waals surface area (Å²) in [5.74, 6) is -0.157. The molecule has 3 unspecified atom stereocenters. The largest absolute Gasteiger partial charge is 0.347 e. The highest BCUT2D eigenvalue weighted by molar-refractivity contribution is 5.95. The van der Waals surface area contributed by atoms with Gasteiger partial charge in [0.1, 0.15) is 29.9 Å². The number of carbonyl (C=O) groups is 6. The zero-order valence-corrected chi connectivity index (χ0v) is 43.4. The first kappa shape index (κ1) is 52.2. The predicted molar refractivity (Wildman–Crippen MR) is 276 cm³/mol. The minimum atomic E-state index is -0.688. The number of likely N-dealkylation sites (N-methyl/N-ethyl adjacent to an activating group) is 2. The van der Waals surface area contributed by atoms with Gasteiger partial charge in [-0.15, -0.1) is 5.10 Å². The summed E-state index contributed by atoms with van der Waals surface area (Å²) >= 11 is 0. The summed E-state index contributed by atoms with van der Waals surface area (Å²) in [6, 6.07) is 13.8. The third kappa shape index (κ3) is 11.7. The van der Waals surface area contributed by atoms with Gasteiger partial charge in [0.15, 0.2) is 0 Å². The number of carbonyl (C=O) groups excluding carboxylic acids is 6. The van der Waals surface area contributed by atoms with Crippen molar-refractivity contribution in [3.63, 3.8) is 0 Å². The molecule has 17 nitrogen and oxygen atoms in total. The lowest BCUT2D eigenvalue weighted by Gasteiger charge is -2.39. The van der Waals surface area contributed by atoms with E-state index in [1.54, 1.807) is 37.7 Å². The molecular formula is C56H79N11O6. The molecule has 394 valence electrons. The summed E-state index contributed by atoms with van der Waals surface area (Å²) in [5, 5.41) is 28.1. The lowest BCUT2D eigenvalue weighted by Crippen LogP contribution is -2.58. The number of benzene rings is 2. The number of hydrogen-bond donors (Lipinski definition) is 6. The molecule has 9 rings (SSSR count). The van der Waals surface area contributed by atoms with Crippen LogP contribution in [0.25, 0.3) is 0 Å². The molecule has 0 bridgehead atoms. The number of rotatable bonds is 18. The third-order valence-electron chi connectivity index (χ3n) is 17.6. The first-order valence-corrected chi connectivity index (χ1v) is 27.6. The van der Waals surface area contributed by atoms with Crippen molar-refractivity contribution in [2.75, 3.05) is 20.6 Å². The molecule has 1 aromatic heterocycles. The first-order chi connectivity index (χ1) is 35.4. The van der Waals surface area contributed by atoms with Gasteiger partial charge in [-0.3, -0.25) is 33.4 Å². The van der Waals surface area contributed by atoms with Crippen LogP contribution in [-0.2, 0) is 41.7 Å². The van der Waals surface area contributed by atoms with Crippen molar-refractivity contribution in [3.05, 3.63) is 83.2 Å². The van der Waals surface area contributed by atoms with Crippen LogP contribution in [0.15, 0.2) is 60.8 Å². The zero-order chi connectivity index (χ0) is 51.2. The monoisotopic (exact) mass is 1000 g/mol. The van der Waals surface area contributed by atoms with Crippen molar-refractivity contribution >= 4 is 35.4 Å².